The van der Waals surface area contributed by atoms with Gasteiger partial charge in [0, 0.05) is 13.0 Å². The normalized spacial score (nSPS) is 20.3. The number of thiazole rings is 1. The molecule has 2 rings (SSSR count). The number of piperidine rings is 1. The molecule has 0 radical (unpaired) electrons. The fraction of sp³-hybridized carbons (Fsp3) is 0.750. The van der Waals surface area contributed by atoms with Crippen LogP contribution in [0, 0.1) is 5.92 Å². The molecule has 8 heteroatoms. The molecule has 0 aliphatic carbocycles. The van der Waals surface area contributed by atoms with Crippen molar-refractivity contribution < 1.29 is 19.1 Å². The van der Waals surface area contributed by atoms with Crippen molar-refractivity contribution >= 4 is 39.3 Å². The smallest absolute Gasteiger partial charge is 0.410 e. The van der Waals surface area contributed by atoms with E-state index in [0.717, 1.165) is 34.5 Å². The molecular weight excluding hydrogens is 444 g/mol. The number of carbonyl (C=O) groups excluding carboxylic acids is 2. The maximum atomic E-state index is 12.8. The molecule has 1 aliphatic heterocycles. The first-order chi connectivity index (χ1) is 13.0. The number of hydrogen-bond acceptors (Lipinski definition) is 6. The molecule has 1 aliphatic rings. The van der Waals surface area contributed by atoms with Crippen LogP contribution in [-0.2, 0) is 14.3 Å². The second-order valence-electron chi connectivity index (χ2n) is 8.53. The van der Waals surface area contributed by atoms with Gasteiger partial charge in [-0.1, -0.05) is 0 Å². The van der Waals surface area contributed by atoms with E-state index in [0.29, 0.717) is 18.9 Å². The average molecular weight is 475 g/mol. The van der Waals surface area contributed by atoms with E-state index < -0.39 is 5.60 Å². The van der Waals surface area contributed by atoms with E-state index in [1.165, 1.54) is 0 Å². The Morgan fingerprint density at radius 3 is 2.64 bits per heavy atom. The van der Waals surface area contributed by atoms with Crippen LogP contribution < -0.4 is 0 Å². The first kappa shape index (κ1) is 23.1. The molecule has 2 heterocycles. The number of ether oxygens (including phenoxy) is 2. The molecule has 1 fully saturated rings. The van der Waals surface area contributed by atoms with E-state index in [4.69, 9.17) is 9.47 Å². The van der Waals surface area contributed by atoms with Crippen molar-refractivity contribution in [1.82, 2.24) is 9.88 Å². The van der Waals surface area contributed by atoms with Gasteiger partial charge in [0.05, 0.1) is 22.1 Å². The van der Waals surface area contributed by atoms with Gasteiger partial charge in [-0.25, -0.2) is 9.78 Å². The number of carbonyl (C=O) groups is 2. The number of amides is 1. The molecule has 0 spiro atoms. The van der Waals surface area contributed by atoms with Gasteiger partial charge in [0.15, 0.2) is 0 Å². The van der Waals surface area contributed by atoms with Crippen LogP contribution >= 0.6 is 27.3 Å². The van der Waals surface area contributed by atoms with Gasteiger partial charge in [0.1, 0.15) is 10.6 Å². The van der Waals surface area contributed by atoms with Crippen LogP contribution in [0.3, 0.4) is 0 Å². The van der Waals surface area contributed by atoms with E-state index in [1.807, 2.05) is 39.5 Å². The number of esters is 1. The fourth-order valence-corrected chi connectivity index (χ4v) is 4.73. The highest BCUT2D eigenvalue weighted by atomic mass is 79.9. The van der Waals surface area contributed by atoms with Gasteiger partial charge in [0.25, 0.3) is 0 Å². The Morgan fingerprint density at radius 2 is 2.07 bits per heavy atom. The van der Waals surface area contributed by atoms with E-state index in [-0.39, 0.29) is 24.2 Å². The van der Waals surface area contributed by atoms with Gasteiger partial charge < -0.3 is 9.47 Å². The summed E-state index contributed by atoms with van der Waals surface area (Å²) in [5.74, 6) is 0.194. The summed E-state index contributed by atoms with van der Waals surface area (Å²) < 4.78 is 11.8. The van der Waals surface area contributed by atoms with Crippen LogP contribution in [0.2, 0.25) is 0 Å². The number of halogens is 1. The number of likely N-dealkylation sites (tertiary alicyclic amines) is 1. The number of aromatic nitrogens is 1. The van der Waals surface area contributed by atoms with Gasteiger partial charge >= 0.3 is 12.1 Å². The molecule has 0 bridgehead atoms. The van der Waals surface area contributed by atoms with Crippen LogP contribution in [0.1, 0.15) is 77.8 Å². The molecule has 1 amide bonds. The zero-order valence-electron chi connectivity index (χ0n) is 17.4. The molecule has 0 saturated carbocycles. The van der Waals surface area contributed by atoms with Crippen molar-refractivity contribution in [2.75, 3.05) is 6.54 Å². The molecule has 1 aromatic rings. The zero-order chi connectivity index (χ0) is 20.9. The first-order valence-electron chi connectivity index (χ1n) is 9.85. The van der Waals surface area contributed by atoms with Crippen LogP contribution in [0.25, 0.3) is 0 Å². The van der Waals surface area contributed by atoms with Crippen molar-refractivity contribution in [1.29, 1.82) is 0 Å². The molecule has 28 heavy (non-hydrogen) atoms. The highest BCUT2D eigenvalue weighted by Gasteiger charge is 2.36. The highest BCUT2D eigenvalue weighted by molar-refractivity contribution is 9.11. The van der Waals surface area contributed by atoms with Gasteiger partial charge in [-0.05, 0) is 82.1 Å². The standard InChI is InChI=1S/C20H31BrN2O4S/c1-13(2)26-17(24)8-6-7-14-9-10-15(18-22-11-16(21)28-18)23(12-14)19(25)27-20(3,4)5/h11,13-15H,6-10,12H2,1-5H3/t14-,15?/m1/s1. The van der Waals surface area contributed by atoms with Crippen molar-refractivity contribution in [3.05, 3.63) is 15.0 Å². The lowest BCUT2D eigenvalue weighted by atomic mass is 9.89. The summed E-state index contributed by atoms with van der Waals surface area (Å²) in [5.41, 5.74) is -0.543. The number of rotatable bonds is 6. The molecule has 0 N–H and O–H groups in total. The van der Waals surface area contributed by atoms with E-state index in [2.05, 4.69) is 20.9 Å². The van der Waals surface area contributed by atoms with Crippen LogP contribution in [-0.4, -0.2) is 40.2 Å². The Hall–Kier alpha value is -1.15. The molecule has 2 atom stereocenters. The third-order valence-corrected chi connectivity index (χ3v) is 6.03. The summed E-state index contributed by atoms with van der Waals surface area (Å²) in [6, 6.07) is -0.0618. The number of nitrogens with zero attached hydrogens (tertiary/aromatic N) is 2. The van der Waals surface area contributed by atoms with E-state index >= 15 is 0 Å². The predicted molar refractivity (Wildman–Crippen MR) is 113 cm³/mol. The maximum Gasteiger partial charge on any atom is 0.410 e. The van der Waals surface area contributed by atoms with Crippen LogP contribution in [0.15, 0.2) is 9.98 Å². The minimum absolute atomic E-state index is 0.0618. The van der Waals surface area contributed by atoms with Crippen molar-refractivity contribution in [3.8, 4) is 0 Å². The largest absolute Gasteiger partial charge is 0.463 e. The Kier molecular flexibility index (Phi) is 8.30. The predicted octanol–water partition coefficient (Wildman–Crippen LogP) is 5.72. The van der Waals surface area contributed by atoms with Gasteiger partial charge in [-0.15, -0.1) is 11.3 Å². The lowest BCUT2D eigenvalue weighted by molar-refractivity contribution is -0.147. The van der Waals surface area contributed by atoms with Gasteiger partial charge in [-0.2, -0.15) is 0 Å². The lowest BCUT2D eigenvalue weighted by Gasteiger charge is -2.39. The average Bonchev–Trinajstić information content (AvgIpc) is 2.98. The van der Waals surface area contributed by atoms with E-state index in [9.17, 15) is 9.59 Å². The molecular formula is C20H31BrN2O4S. The maximum absolute atomic E-state index is 12.8. The quantitative estimate of drug-likeness (QED) is 0.493. The summed E-state index contributed by atoms with van der Waals surface area (Å²) in [6.45, 7) is 9.96. The molecule has 1 aromatic heterocycles. The Labute approximate surface area is 180 Å². The van der Waals surface area contributed by atoms with Crippen molar-refractivity contribution in [2.24, 2.45) is 5.92 Å². The highest BCUT2D eigenvalue weighted by Crippen LogP contribution is 2.38. The van der Waals surface area contributed by atoms with Gasteiger partial charge in [0.2, 0.25) is 0 Å². The second kappa shape index (κ2) is 10.1. The summed E-state index contributed by atoms with van der Waals surface area (Å²) in [4.78, 5) is 30.9. The fourth-order valence-electron chi connectivity index (χ4n) is 3.34. The monoisotopic (exact) mass is 474 g/mol. The first-order valence-corrected chi connectivity index (χ1v) is 11.5. The summed E-state index contributed by atoms with van der Waals surface area (Å²) in [6.07, 6.45) is 5.33. The Bertz CT molecular complexity index is 671. The topological polar surface area (TPSA) is 68.7 Å². The molecule has 1 unspecified atom stereocenters. The minimum atomic E-state index is -0.543. The van der Waals surface area contributed by atoms with Crippen LogP contribution in [0.4, 0.5) is 4.79 Å². The summed E-state index contributed by atoms with van der Waals surface area (Å²) in [5, 5.41) is 0.927. The second-order valence-corrected chi connectivity index (χ2v) is 11.0. The SMILES string of the molecule is CC(C)OC(=O)CCC[C@@H]1CCC(c2ncc(Br)s2)N(C(=O)OC(C)(C)C)C1. The Balaban J connectivity index is 2.00. The lowest BCUT2D eigenvalue weighted by Crippen LogP contribution is -2.44. The summed E-state index contributed by atoms with van der Waals surface area (Å²) in [7, 11) is 0. The third-order valence-electron chi connectivity index (χ3n) is 4.45. The third kappa shape index (κ3) is 7.35. The van der Waals surface area contributed by atoms with Gasteiger partial charge in [-0.3, -0.25) is 9.69 Å². The van der Waals surface area contributed by atoms with E-state index in [1.54, 1.807) is 17.5 Å². The van der Waals surface area contributed by atoms with Crippen LogP contribution in [0.5, 0.6) is 0 Å². The zero-order valence-corrected chi connectivity index (χ0v) is 19.8. The molecule has 6 nitrogen and oxygen atoms in total. The number of hydrogen-bond donors (Lipinski definition) is 0. The summed E-state index contributed by atoms with van der Waals surface area (Å²) >= 11 is 5.02. The van der Waals surface area contributed by atoms with Crippen molar-refractivity contribution in [3.63, 3.8) is 0 Å². The molecule has 1 saturated heterocycles. The molecule has 0 aromatic carbocycles. The Morgan fingerprint density at radius 1 is 1.36 bits per heavy atom. The molecule has 158 valence electrons. The van der Waals surface area contributed by atoms with Crippen molar-refractivity contribution in [2.45, 2.75) is 84.5 Å². The minimum Gasteiger partial charge on any atom is -0.463 e.